The van der Waals surface area contributed by atoms with Gasteiger partial charge in [-0.2, -0.15) is 0 Å². The van der Waals surface area contributed by atoms with Crippen molar-refractivity contribution in [1.29, 1.82) is 0 Å². The standard InChI is InChI=1S/C23H27FN2O4/c1-15-18(6-5-17-4-3-11-26(23(15)17)21(27)14-30-2)13-25-19-9-7-16(20(24)12-19)8-10-22(28)29/h5-7,9,12,25H,3-4,8,10-11,13-14H2,1-2H3,(H,28,29). The number of hydrogen-bond donors (Lipinski definition) is 2. The number of fused-ring (bicyclic) bond motifs is 1. The largest absolute Gasteiger partial charge is 0.481 e. The van der Waals surface area contributed by atoms with Gasteiger partial charge >= 0.3 is 5.97 Å². The Kier molecular flexibility index (Phi) is 7.05. The average molecular weight is 414 g/mol. The first kappa shape index (κ1) is 21.8. The van der Waals surface area contributed by atoms with Crippen molar-refractivity contribution in [3.8, 4) is 0 Å². The Morgan fingerprint density at radius 3 is 2.70 bits per heavy atom. The normalized spacial score (nSPS) is 13.1. The van der Waals surface area contributed by atoms with Crippen LogP contribution in [-0.4, -0.2) is 37.2 Å². The Hall–Kier alpha value is -2.93. The highest BCUT2D eigenvalue weighted by Gasteiger charge is 2.25. The van der Waals surface area contributed by atoms with Gasteiger partial charge in [0.05, 0.1) is 5.69 Å². The molecule has 30 heavy (non-hydrogen) atoms. The molecule has 0 saturated carbocycles. The lowest BCUT2D eigenvalue weighted by molar-refractivity contribution is -0.137. The Morgan fingerprint density at radius 2 is 2.00 bits per heavy atom. The molecule has 1 aliphatic rings. The van der Waals surface area contributed by atoms with Crippen LogP contribution in [0.5, 0.6) is 0 Å². The van der Waals surface area contributed by atoms with Gasteiger partial charge in [0.25, 0.3) is 5.91 Å². The molecule has 2 N–H and O–H groups in total. The number of methoxy groups -OCH3 is 1. The smallest absolute Gasteiger partial charge is 0.303 e. The molecule has 0 bridgehead atoms. The van der Waals surface area contributed by atoms with Gasteiger partial charge in [0, 0.05) is 32.3 Å². The predicted octanol–water partition coefficient (Wildman–Crippen LogP) is 3.69. The van der Waals surface area contributed by atoms with Crippen LogP contribution >= 0.6 is 0 Å². The molecule has 6 nitrogen and oxygen atoms in total. The molecule has 0 atom stereocenters. The van der Waals surface area contributed by atoms with Crippen molar-refractivity contribution in [3.63, 3.8) is 0 Å². The molecule has 0 aliphatic carbocycles. The number of carbonyl (C=O) groups is 2. The molecule has 160 valence electrons. The number of amides is 1. The fraction of sp³-hybridized carbons (Fsp3) is 0.391. The van der Waals surface area contributed by atoms with E-state index in [1.165, 1.54) is 13.2 Å². The molecule has 0 radical (unpaired) electrons. The quantitative estimate of drug-likeness (QED) is 0.689. The summed E-state index contributed by atoms with van der Waals surface area (Å²) in [7, 11) is 1.52. The molecule has 3 rings (SSSR count). The highest BCUT2D eigenvalue weighted by Crippen LogP contribution is 2.33. The van der Waals surface area contributed by atoms with E-state index >= 15 is 0 Å². The fourth-order valence-corrected chi connectivity index (χ4v) is 3.86. The summed E-state index contributed by atoms with van der Waals surface area (Å²) in [6, 6.07) is 8.86. The maximum Gasteiger partial charge on any atom is 0.303 e. The number of ether oxygens (including phenoxy) is 1. The number of hydrogen-bond acceptors (Lipinski definition) is 4. The predicted molar refractivity (Wildman–Crippen MR) is 113 cm³/mol. The molecule has 0 fully saturated rings. The van der Waals surface area contributed by atoms with E-state index in [2.05, 4.69) is 11.4 Å². The Morgan fingerprint density at radius 1 is 1.23 bits per heavy atom. The van der Waals surface area contributed by atoms with Crippen LogP contribution in [0.25, 0.3) is 0 Å². The van der Waals surface area contributed by atoms with E-state index in [1.807, 2.05) is 13.0 Å². The molecule has 2 aromatic rings. The molecule has 1 aliphatic heterocycles. The zero-order valence-electron chi connectivity index (χ0n) is 17.3. The number of anilines is 2. The van der Waals surface area contributed by atoms with Crippen molar-refractivity contribution in [2.45, 2.75) is 39.2 Å². The zero-order chi connectivity index (χ0) is 21.7. The number of benzene rings is 2. The zero-order valence-corrected chi connectivity index (χ0v) is 17.3. The van der Waals surface area contributed by atoms with Crippen LogP contribution in [0.4, 0.5) is 15.8 Å². The van der Waals surface area contributed by atoms with Crippen LogP contribution in [0.2, 0.25) is 0 Å². The molecule has 1 heterocycles. The topological polar surface area (TPSA) is 78.9 Å². The fourth-order valence-electron chi connectivity index (χ4n) is 3.86. The Labute approximate surface area is 175 Å². The second kappa shape index (κ2) is 9.71. The number of nitrogens with one attached hydrogen (secondary N) is 1. The molecule has 0 aromatic heterocycles. The van der Waals surface area contributed by atoms with Gasteiger partial charge in [-0.05, 0) is 60.6 Å². The summed E-state index contributed by atoms with van der Waals surface area (Å²) < 4.78 is 19.3. The lowest BCUT2D eigenvalue weighted by Gasteiger charge is -2.32. The second-order valence-corrected chi connectivity index (χ2v) is 7.49. The van der Waals surface area contributed by atoms with E-state index in [4.69, 9.17) is 9.84 Å². The van der Waals surface area contributed by atoms with Gasteiger partial charge in [-0.1, -0.05) is 18.2 Å². The summed E-state index contributed by atoms with van der Waals surface area (Å²) in [6.45, 7) is 3.22. The Bertz CT molecular complexity index is 945. The van der Waals surface area contributed by atoms with Crippen LogP contribution in [0.3, 0.4) is 0 Å². The SMILES string of the molecule is COCC(=O)N1CCCc2ccc(CNc3ccc(CCC(=O)O)c(F)c3)c(C)c21. The Balaban J connectivity index is 1.75. The molecule has 0 unspecified atom stereocenters. The minimum Gasteiger partial charge on any atom is -0.481 e. The third-order valence-electron chi connectivity index (χ3n) is 5.44. The minimum atomic E-state index is -0.947. The van der Waals surface area contributed by atoms with Crippen molar-refractivity contribution < 1.29 is 23.8 Å². The van der Waals surface area contributed by atoms with Gasteiger partial charge in [0.2, 0.25) is 0 Å². The van der Waals surface area contributed by atoms with Crippen molar-refractivity contribution in [2.24, 2.45) is 0 Å². The van der Waals surface area contributed by atoms with Crippen LogP contribution in [0.15, 0.2) is 30.3 Å². The third-order valence-corrected chi connectivity index (χ3v) is 5.44. The second-order valence-electron chi connectivity index (χ2n) is 7.49. The number of nitrogens with zero attached hydrogens (tertiary/aromatic N) is 1. The monoisotopic (exact) mass is 414 g/mol. The summed E-state index contributed by atoms with van der Waals surface area (Å²) in [4.78, 5) is 25.0. The molecule has 0 saturated heterocycles. The maximum atomic E-state index is 14.3. The molecular formula is C23H27FN2O4. The summed E-state index contributed by atoms with van der Waals surface area (Å²) >= 11 is 0. The molecule has 7 heteroatoms. The third kappa shape index (κ3) is 4.97. The number of carbonyl (C=O) groups excluding carboxylic acids is 1. The lowest BCUT2D eigenvalue weighted by atomic mass is 9.94. The van der Waals surface area contributed by atoms with E-state index in [1.54, 1.807) is 17.0 Å². The number of aliphatic carboxylic acids is 1. The number of rotatable bonds is 8. The average Bonchev–Trinajstić information content (AvgIpc) is 2.72. The number of carboxylic acid groups (broad SMARTS) is 1. The number of aryl methyl sites for hydroxylation is 2. The number of halogens is 1. The van der Waals surface area contributed by atoms with Gasteiger partial charge in [-0.25, -0.2) is 4.39 Å². The van der Waals surface area contributed by atoms with Crippen LogP contribution in [0.1, 0.15) is 35.1 Å². The molecule has 2 aromatic carbocycles. The highest BCUT2D eigenvalue weighted by atomic mass is 19.1. The molecular weight excluding hydrogens is 387 g/mol. The van der Waals surface area contributed by atoms with Gasteiger partial charge in [-0.15, -0.1) is 0 Å². The van der Waals surface area contributed by atoms with E-state index in [0.717, 1.165) is 35.2 Å². The minimum absolute atomic E-state index is 0.0503. The van der Waals surface area contributed by atoms with E-state index in [9.17, 15) is 14.0 Å². The van der Waals surface area contributed by atoms with E-state index in [0.29, 0.717) is 24.3 Å². The van der Waals surface area contributed by atoms with Gasteiger partial charge in [0.1, 0.15) is 12.4 Å². The van der Waals surface area contributed by atoms with Gasteiger partial charge in [-0.3, -0.25) is 9.59 Å². The van der Waals surface area contributed by atoms with Crippen molar-refractivity contribution in [3.05, 3.63) is 58.4 Å². The van der Waals surface area contributed by atoms with Crippen molar-refractivity contribution in [2.75, 3.05) is 30.5 Å². The number of carboxylic acids is 1. The van der Waals surface area contributed by atoms with Gasteiger partial charge < -0.3 is 20.1 Å². The summed E-state index contributed by atoms with van der Waals surface area (Å²) in [6.07, 6.45) is 1.92. The summed E-state index contributed by atoms with van der Waals surface area (Å²) in [5, 5.41) is 12.0. The first-order valence-electron chi connectivity index (χ1n) is 10.1. The van der Waals surface area contributed by atoms with Crippen LogP contribution in [-0.2, 0) is 33.7 Å². The van der Waals surface area contributed by atoms with E-state index in [-0.39, 0.29) is 25.4 Å². The molecule has 1 amide bonds. The molecule has 0 spiro atoms. The lowest BCUT2D eigenvalue weighted by Crippen LogP contribution is -2.38. The van der Waals surface area contributed by atoms with Crippen LogP contribution in [0, 0.1) is 12.7 Å². The van der Waals surface area contributed by atoms with Crippen molar-refractivity contribution >= 4 is 23.3 Å². The maximum absolute atomic E-state index is 14.3. The summed E-state index contributed by atoms with van der Waals surface area (Å²) in [5.41, 5.74) is 5.18. The van der Waals surface area contributed by atoms with Crippen molar-refractivity contribution in [1.82, 2.24) is 0 Å². The van der Waals surface area contributed by atoms with Gasteiger partial charge in [0.15, 0.2) is 0 Å². The first-order valence-corrected chi connectivity index (χ1v) is 10.1. The highest BCUT2D eigenvalue weighted by molar-refractivity contribution is 5.96. The summed E-state index contributed by atoms with van der Waals surface area (Å²) in [5.74, 6) is -1.41. The first-order chi connectivity index (χ1) is 14.4. The van der Waals surface area contributed by atoms with Crippen LogP contribution < -0.4 is 10.2 Å². The van der Waals surface area contributed by atoms with E-state index < -0.39 is 11.8 Å².